The second kappa shape index (κ2) is 5.83. The van der Waals surface area contributed by atoms with Crippen molar-refractivity contribution in [3.05, 3.63) is 5.82 Å². The summed E-state index contributed by atoms with van der Waals surface area (Å²) in [5, 5.41) is 2.40. The monoisotopic (exact) mass is 271 g/mol. The third kappa shape index (κ3) is 5.66. The number of hydrogen-bond donors (Lipinski definition) is 1. The van der Waals surface area contributed by atoms with Gasteiger partial charge >= 0.3 is 6.18 Å². The maximum Gasteiger partial charge on any atom is 0.401 e. The predicted octanol–water partition coefficient (Wildman–Crippen LogP) is 2.48. The highest BCUT2D eigenvalue weighted by molar-refractivity contribution is 8.01. The number of nitrogens with zero attached hydrogens (tertiary/aromatic N) is 2. The van der Waals surface area contributed by atoms with Crippen LogP contribution in [0, 0.1) is 6.92 Å². The molecule has 0 aliphatic heterocycles. The molecule has 0 fully saturated rings. The van der Waals surface area contributed by atoms with E-state index >= 15 is 0 Å². The highest BCUT2D eigenvalue weighted by Crippen LogP contribution is 2.24. The quantitative estimate of drug-likeness (QED) is 0.835. The number of hydrogen-bond acceptors (Lipinski definition) is 5. The van der Waals surface area contributed by atoms with Gasteiger partial charge < -0.3 is 5.32 Å². The average Bonchev–Trinajstić information content (AvgIpc) is 2.48. The molecule has 1 rings (SSSR count). The molecular formula is C8H12F3N3S2. The van der Waals surface area contributed by atoms with E-state index in [0.29, 0.717) is 12.4 Å². The zero-order valence-corrected chi connectivity index (χ0v) is 10.5. The number of thioether (sulfide) groups is 1. The molecular weight excluding hydrogens is 259 g/mol. The van der Waals surface area contributed by atoms with Crippen LogP contribution in [0.25, 0.3) is 0 Å². The molecule has 16 heavy (non-hydrogen) atoms. The zero-order valence-electron chi connectivity index (χ0n) is 8.84. The number of aryl methyl sites for hydroxylation is 1. The largest absolute Gasteiger partial charge is 0.401 e. The average molecular weight is 271 g/mol. The molecule has 0 amide bonds. The normalized spacial score (nSPS) is 14.1. The maximum absolute atomic E-state index is 11.8. The van der Waals surface area contributed by atoms with E-state index in [2.05, 4.69) is 14.7 Å². The molecule has 1 unspecified atom stereocenters. The van der Waals surface area contributed by atoms with Gasteiger partial charge in [0.05, 0.1) is 6.54 Å². The first-order valence-electron chi connectivity index (χ1n) is 4.61. The Morgan fingerprint density at radius 1 is 1.50 bits per heavy atom. The van der Waals surface area contributed by atoms with Crippen molar-refractivity contribution in [3.63, 3.8) is 0 Å². The lowest BCUT2D eigenvalue weighted by Crippen LogP contribution is -2.32. The zero-order chi connectivity index (χ0) is 12.2. The first-order valence-corrected chi connectivity index (χ1v) is 6.26. The molecule has 1 heterocycles. The molecule has 1 N–H and O–H groups in total. The molecule has 3 nitrogen and oxygen atoms in total. The van der Waals surface area contributed by atoms with Gasteiger partial charge in [-0.3, -0.25) is 0 Å². The molecule has 1 atom stereocenters. The fourth-order valence-corrected chi connectivity index (χ4v) is 2.89. The van der Waals surface area contributed by atoms with E-state index in [1.54, 1.807) is 6.92 Å². The van der Waals surface area contributed by atoms with Gasteiger partial charge in [-0.15, -0.1) is 0 Å². The van der Waals surface area contributed by atoms with Crippen molar-refractivity contribution < 1.29 is 13.2 Å². The van der Waals surface area contributed by atoms with Gasteiger partial charge in [-0.2, -0.15) is 17.5 Å². The van der Waals surface area contributed by atoms with E-state index in [0.717, 1.165) is 4.34 Å². The molecule has 0 aliphatic carbocycles. The van der Waals surface area contributed by atoms with Gasteiger partial charge in [-0.25, -0.2) is 4.98 Å². The van der Waals surface area contributed by atoms with Crippen molar-refractivity contribution in [2.24, 2.45) is 0 Å². The topological polar surface area (TPSA) is 37.8 Å². The Bertz CT molecular complexity index is 327. The van der Waals surface area contributed by atoms with Crippen LogP contribution in [0.3, 0.4) is 0 Å². The molecule has 0 aliphatic rings. The van der Waals surface area contributed by atoms with E-state index in [-0.39, 0.29) is 5.25 Å². The lowest BCUT2D eigenvalue weighted by atomic mass is 10.4. The van der Waals surface area contributed by atoms with E-state index in [1.807, 2.05) is 6.92 Å². The van der Waals surface area contributed by atoms with E-state index in [1.165, 1.54) is 23.3 Å². The SMILES string of the molecule is Cc1nsc(SC(C)CNCC(F)(F)F)n1. The Kier molecular flexibility index (Phi) is 5.00. The number of alkyl halides is 3. The Labute approximate surface area is 100 Å². The number of aromatic nitrogens is 2. The van der Waals surface area contributed by atoms with E-state index in [9.17, 15) is 13.2 Å². The first-order chi connectivity index (χ1) is 7.37. The summed E-state index contributed by atoms with van der Waals surface area (Å²) in [5.74, 6) is 0.697. The van der Waals surface area contributed by atoms with Crippen LogP contribution in [-0.4, -0.2) is 33.9 Å². The number of rotatable bonds is 5. The standard InChI is InChI=1S/C8H12F3N3S2/c1-5(3-12-4-8(9,10)11)15-7-13-6(2)14-16-7/h5,12H,3-4H2,1-2H3. The van der Waals surface area contributed by atoms with Crippen molar-refractivity contribution in [2.75, 3.05) is 13.1 Å². The Hall–Kier alpha value is -0.340. The molecule has 1 aromatic heterocycles. The van der Waals surface area contributed by atoms with E-state index < -0.39 is 12.7 Å². The number of halogens is 3. The summed E-state index contributed by atoms with van der Waals surface area (Å²) < 4.78 is 40.3. The molecule has 8 heteroatoms. The summed E-state index contributed by atoms with van der Waals surface area (Å²) in [6, 6.07) is 0. The van der Waals surface area contributed by atoms with Crippen molar-refractivity contribution in [1.29, 1.82) is 0 Å². The minimum Gasteiger partial charge on any atom is -0.308 e. The molecule has 0 saturated carbocycles. The van der Waals surface area contributed by atoms with Crippen LogP contribution < -0.4 is 5.32 Å². The van der Waals surface area contributed by atoms with Crippen LogP contribution in [0.5, 0.6) is 0 Å². The minimum atomic E-state index is -4.15. The van der Waals surface area contributed by atoms with Crippen molar-refractivity contribution in [1.82, 2.24) is 14.7 Å². The Morgan fingerprint density at radius 3 is 2.69 bits per heavy atom. The number of nitrogens with one attached hydrogen (secondary N) is 1. The summed E-state index contributed by atoms with van der Waals surface area (Å²) >= 11 is 2.70. The molecule has 0 radical (unpaired) electrons. The molecule has 0 bridgehead atoms. The summed E-state index contributed by atoms with van der Waals surface area (Å²) in [6.07, 6.45) is -4.15. The lowest BCUT2D eigenvalue weighted by Gasteiger charge is -2.11. The van der Waals surface area contributed by atoms with Gasteiger partial charge in [-0.1, -0.05) is 18.7 Å². The minimum absolute atomic E-state index is 0.0368. The van der Waals surface area contributed by atoms with Crippen molar-refractivity contribution >= 4 is 23.3 Å². The second-order valence-electron chi connectivity index (χ2n) is 3.28. The van der Waals surface area contributed by atoms with Crippen LogP contribution in [-0.2, 0) is 0 Å². The molecule has 1 aromatic rings. The van der Waals surface area contributed by atoms with Crippen LogP contribution in [0.15, 0.2) is 4.34 Å². The van der Waals surface area contributed by atoms with Crippen LogP contribution in [0.4, 0.5) is 13.2 Å². The van der Waals surface area contributed by atoms with Crippen LogP contribution in [0.2, 0.25) is 0 Å². The Balaban J connectivity index is 2.23. The molecule has 0 aromatic carbocycles. The summed E-state index contributed by atoms with van der Waals surface area (Å²) in [7, 11) is 0. The second-order valence-corrected chi connectivity index (χ2v) is 5.72. The summed E-state index contributed by atoms with van der Waals surface area (Å²) in [4.78, 5) is 4.13. The molecule has 0 spiro atoms. The summed E-state index contributed by atoms with van der Waals surface area (Å²) in [5.41, 5.74) is 0. The van der Waals surface area contributed by atoms with Gasteiger partial charge in [0.15, 0.2) is 4.34 Å². The van der Waals surface area contributed by atoms with Gasteiger partial charge in [-0.05, 0) is 18.5 Å². The van der Waals surface area contributed by atoms with Gasteiger partial charge in [0.2, 0.25) is 0 Å². The van der Waals surface area contributed by atoms with Crippen molar-refractivity contribution in [2.45, 2.75) is 29.6 Å². The van der Waals surface area contributed by atoms with Crippen molar-refractivity contribution in [3.8, 4) is 0 Å². The fraction of sp³-hybridized carbons (Fsp3) is 0.750. The highest BCUT2D eigenvalue weighted by atomic mass is 32.2. The summed E-state index contributed by atoms with van der Waals surface area (Å²) in [6.45, 7) is 2.98. The predicted molar refractivity (Wildman–Crippen MR) is 58.9 cm³/mol. The van der Waals surface area contributed by atoms with Gasteiger partial charge in [0, 0.05) is 11.8 Å². The smallest absolute Gasteiger partial charge is 0.308 e. The van der Waals surface area contributed by atoms with E-state index in [4.69, 9.17) is 0 Å². The van der Waals surface area contributed by atoms with Gasteiger partial charge in [0.1, 0.15) is 5.82 Å². The molecule has 0 saturated heterocycles. The molecule has 92 valence electrons. The van der Waals surface area contributed by atoms with Crippen LogP contribution in [0.1, 0.15) is 12.7 Å². The first kappa shape index (κ1) is 13.7. The fourth-order valence-electron chi connectivity index (χ4n) is 0.957. The third-order valence-corrected chi connectivity index (χ3v) is 3.55. The Morgan fingerprint density at radius 2 is 2.19 bits per heavy atom. The maximum atomic E-state index is 11.8. The van der Waals surface area contributed by atoms with Gasteiger partial charge in [0.25, 0.3) is 0 Å². The lowest BCUT2D eigenvalue weighted by molar-refractivity contribution is -0.124. The van der Waals surface area contributed by atoms with Crippen LogP contribution >= 0.6 is 23.3 Å². The third-order valence-electron chi connectivity index (χ3n) is 1.57. The highest BCUT2D eigenvalue weighted by Gasteiger charge is 2.26.